The number of hydrogen-bond donors (Lipinski definition) is 1. The number of hydrogen-bond acceptors (Lipinski definition) is 4. The maximum atomic E-state index is 11.4. The van der Waals surface area contributed by atoms with E-state index >= 15 is 0 Å². The molecule has 2 aromatic rings. The van der Waals surface area contributed by atoms with Crippen molar-refractivity contribution in [1.29, 1.82) is 0 Å². The van der Waals surface area contributed by atoms with Gasteiger partial charge in [0.2, 0.25) is 0 Å². The van der Waals surface area contributed by atoms with E-state index in [4.69, 9.17) is 5.73 Å². The lowest BCUT2D eigenvalue weighted by molar-refractivity contribution is -0.141. The summed E-state index contributed by atoms with van der Waals surface area (Å²) < 4.78 is 6.55. The van der Waals surface area contributed by atoms with E-state index in [2.05, 4.69) is 9.72 Å². The number of nitrogen functional groups attached to an aromatic ring is 1. The molecule has 0 spiro atoms. The Kier molecular flexibility index (Phi) is 2.99. The molecular weight excluding hydrogens is 218 g/mol. The minimum absolute atomic E-state index is 0.181. The van der Waals surface area contributed by atoms with E-state index in [-0.39, 0.29) is 12.5 Å². The van der Waals surface area contributed by atoms with E-state index in [1.807, 2.05) is 23.6 Å². The number of fused-ring (bicyclic) bond motifs is 1. The van der Waals surface area contributed by atoms with Gasteiger partial charge in [-0.3, -0.25) is 4.79 Å². The number of rotatable bonds is 3. The molecule has 90 valence electrons. The number of methoxy groups -OCH3 is 1. The lowest BCUT2D eigenvalue weighted by Crippen LogP contribution is -2.13. The van der Waals surface area contributed by atoms with E-state index < -0.39 is 0 Å². The Morgan fingerprint density at radius 3 is 2.94 bits per heavy atom. The van der Waals surface area contributed by atoms with E-state index in [1.165, 1.54) is 7.11 Å². The molecule has 0 aliphatic carbocycles. The fraction of sp³-hybridized carbons (Fsp3) is 0.333. The van der Waals surface area contributed by atoms with Crippen LogP contribution in [0.15, 0.2) is 18.2 Å². The van der Waals surface area contributed by atoms with Gasteiger partial charge >= 0.3 is 5.97 Å². The van der Waals surface area contributed by atoms with E-state index in [0.717, 1.165) is 23.3 Å². The third-order valence-corrected chi connectivity index (χ3v) is 2.68. The highest BCUT2D eigenvalue weighted by atomic mass is 16.5. The second-order valence-corrected chi connectivity index (χ2v) is 3.79. The van der Waals surface area contributed by atoms with Crippen molar-refractivity contribution in [3.8, 4) is 0 Å². The van der Waals surface area contributed by atoms with Crippen LogP contribution in [0.5, 0.6) is 0 Å². The van der Waals surface area contributed by atoms with Crippen molar-refractivity contribution in [2.75, 3.05) is 12.8 Å². The number of benzene rings is 1. The molecule has 0 aliphatic heterocycles. The summed E-state index contributed by atoms with van der Waals surface area (Å²) in [5.74, 6) is 0.576. The Labute approximate surface area is 99.2 Å². The SMILES string of the molecule is CCc1nc2cc(N)ccc2n1CC(=O)OC. The van der Waals surface area contributed by atoms with Gasteiger partial charge in [-0.15, -0.1) is 0 Å². The molecule has 0 radical (unpaired) electrons. The monoisotopic (exact) mass is 233 g/mol. The van der Waals surface area contributed by atoms with Crippen LogP contribution < -0.4 is 5.73 Å². The zero-order chi connectivity index (χ0) is 12.4. The number of nitrogens with zero attached hydrogens (tertiary/aromatic N) is 2. The second kappa shape index (κ2) is 4.45. The van der Waals surface area contributed by atoms with Crippen molar-refractivity contribution in [2.45, 2.75) is 19.9 Å². The topological polar surface area (TPSA) is 70.1 Å². The molecular formula is C12H15N3O2. The van der Waals surface area contributed by atoms with Crippen LogP contribution in [0.25, 0.3) is 11.0 Å². The minimum atomic E-state index is -0.282. The van der Waals surface area contributed by atoms with E-state index in [0.29, 0.717) is 5.69 Å². The van der Waals surface area contributed by atoms with Crippen LogP contribution in [0.1, 0.15) is 12.7 Å². The largest absolute Gasteiger partial charge is 0.468 e. The molecule has 0 unspecified atom stereocenters. The van der Waals surface area contributed by atoms with Gasteiger partial charge in [0.15, 0.2) is 0 Å². The Balaban J connectivity index is 2.54. The summed E-state index contributed by atoms with van der Waals surface area (Å²) in [5.41, 5.74) is 8.10. The molecule has 0 fully saturated rings. The normalized spacial score (nSPS) is 10.7. The average molecular weight is 233 g/mol. The van der Waals surface area contributed by atoms with Gasteiger partial charge in [-0.05, 0) is 18.2 Å². The van der Waals surface area contributed by atoms with Gasteiger partial charge < -0.3 is 15.0 Å². The van der Waals surface area contributed by atoms with Gasteiger partial charge in [0.1, 0.15) is 12.4 Å². The molecule has 1 aromatic heterocycles. The van der Waals surface area contributed by atoms with Gasteiger partial charge in [0, 0.05) is 12.1 Å². The maximum absolute atomic E-state index is 11.4. The first-order valence-corrected chi connectivity index (χ1v) is 5.47. The lowest BCUT2D eigenvalue weighted by atomic mass is 10.3. The van der Waals surface area contributed by atoms with Crippen LogP contribution in [0.3, 0.4) is 0 Å². The number of anilines is 1. The van der Waals surface area contributed by atoms with Gasteiger partial charge in [-0.25, -0.2) is 4.98 Å². The molecule has 5 nitrogen and oxygen atoms in total. The molecule has 0 aliphatic rings. The molecule has 5 heteroatoms. The first kappa shape index (κ1) is 11.4. The summed E-state index contributed by atoms with van der Waals surface area (Å²) in [7, 11) is 1.38. The Hall–Kier alpha value is -2.04. The van der Waals surface area contributed by atoms with Crippen molar-refractivity contribution in [3.63, 3.8) is 0 Å². The zero-order valence-electron chi connectivity index (χ0n) is 9.93. The van der Waals surface area contributed by atoms with Crippen LogP contribution in [0.4, 0.5) is 5.69 Å². The maximum Gasteiger partial charge on any atom is 0.325 e. The highest BCUT2D eigenvalue weighted by molar-refractivity contribution is 5.81. The number of nitrogens with two attached hydrogens (primary N) is 1. The molecule has 0 amide bonds. The van der Waals surface area contributed by atoms with Crippen molar-refractivity contribution < 1.29 is 9.53 Å². The van der Waals surface area contributed by atoms with Gasteiger partial charge in [0.25, 0.3) is 0 Å². The van der Waals surface area contributed by atoms with Crippen LogP contribution in [0.2, 0.25) is 0 Å². The molecule has 1 heterocycles. The predicted octanol–water partition coefficient (Wildman–Crippen LogP) is 1.35. The number of aryl methyl sites for hydroxylation is 1. The third kappa shape index (κ3) is 2.08. The van der Waals surface area contributed by atoms with Crippen LogP contribution in [-0.4, -0.2) is 22.6 Å². The van der Waals surface area contributed by atoms with E-state index in [1.54, 1.807) is 6.07 Å². The molecule has 2 rings (SSSR count). The zero-order valence-corrected chi connectivity index (χ0v) is 9.93. The number of esters is 1. The fourth-order valence-corrected chi connectivity index (χ4v) is 1.84. The smallest absolute Gasteiger partial charge is 0.325 e. The second-order valence-electron chi connectivity index (χ2n) is 3.79. The molecule has 2 N–H and O–H groups in total. The van der Waals surface area contributed by atoms with Crippen molar-refractivity contribution in [1.82, 2.24) is 9.55 Å². The van der Waals surface area contributed by atoms with Gasteiger partial charge in [-0.1, -0.05) is 6.92 Å². The highest BCUT2D eigenvalue weighted by Crippen LogP contribution is 2.19. The predicted molar refractivity (Wildman–Crippen MR) is 65.5 cm³/mol. The number of carbonyl (C=O) groups excluding carboxylic acids is 1. The van der Waals surface area contributed by atoms with Crippen LogP contribution >= 0.6 is 0 Å². The molecule has 0 atom stereocenters. The summed E-state index contributed by atoms with van der Waals surface area (Å²) in [6.07, 6.45) is 0.756. The highest BCUT2D eigenvalue weighted by Gasteiger charge is 2.12. The third-order valence-electron chi connectivity index (χ3n) is 2.68. The molecule has 0 bridgehead atoms. The number of carbonyl (C=O) groups is 1. The van der Waals surface area contributed by atoms with Crippen LogP contribution in [-0.2, 0) is 22.5 Å². The summed E-state index contributed by atoms with van der Waals surface area (Å²) in [6, 6.07) is 5.49. The van der Waals surface area contributed by atoms with Crippen molar-refractivity contribution in [3.05, 3.63) is 24.0 Å². The molecule has 1 aromatic carbocycles. The summed E-state index contributed by atoms with van der Waals surface area (Å²) in [5, 5.41) is 0. The number of imidazole rings is 1. The van der Waals surface area contributed by atoms with Gasteiger partial charge in [0.05, 0.1) is 18.1 Å². The minimum Gasteiger partial charge on any atom is -0.468 e. The fourth-order valence-electron chi connectivity index (χ4n) is 1.84. The summed E-state index contributed by atoms with van der Waals surface area (Å²) in [6.45, 7) is 2.18. The first-order valence-electron chi connectivity index (χ1n) is 5.47. The van der Waals surface area contributed by atoms with Gasteiger partial charge in [-0.2, -0.15) is 0 Å². The Morgan fingerprint density at radius 1 is 1.53 bits per heavy atom. The Morgan fingerprint density at radius 2 is 2.29 bits per heavy atom. The number of ether oxygens (including phenoxy) is 1. The van der Waals surface area contributed by atoms with Crippen molar-refractivity contribution >= 4 is 22.7 Å². The Bertz CT molecular complexity index is 560. The first-order chi connectivity index (χ1) is 8.15. The quantitative estimate of drug-likeness (QED) is 0.641. The lowest BCUT2D eigenvalue weighted by Gasteiger charge is -2.06. The standard InChI is InChI=1S/C12H15N3O2/c1-3-11-14-9-6-8(13)4-5-10(9)15(11)7-12(16)17-2/h4-6H,3,7,13H2,1-2H3. The number of aromatic nitrogens is 2. The summed E-state index contributed by atoms with van der Waals surface area (Å²) >= 11 is 0. The van der Waals surface area contributed by atoms with E-state index in [9.17, 15) is 4.79 Å². The summed E-state index contributed by atoms with van der Waals surface area (Å²) in [4.78, 5) is 15.8. The molecule has 17 heavy (non-hydrogen) atoms. The van der Waals surface area contributed by atoms with Crippen LogP contribution in [0, 0.1) is 0 Å². The average Bonchev–Trinajstić information content (AvgIpc) is 2.66. The molecule has 0 saturated carbocycles. The molecule has 0 saturated heterocycles. The van der Waals surface area contributed by atoms with Crippen molar-refractivity contribution in [2.24, 2.45) is 0 Å².